The number of nitrogens with one attached hydrogen (secondary N) is 2. The van der Waals surface area contributed by atoms with Gasteiger partial charge in [-0.25, -0.2) is 5.43 Å². The second-order valence-corrected chi connectivity index (χ2v) is 7.93. The summed E-state index contributed by atoms with van der Waals surface area (Å²) in [7, 11) is 0. The molecule has 2 heterocycles. The third-order valence-corrected chi connectivity index (χ3v) is 5.48. The molecular weight excluding hydrogens is 493 g/mol. The summed E-state index contributed by atoms with van der Waals surface area (Å²) in [5, 5.41) is 7.57. The molecule has 0 amide bonds. The molecule has 1 aromatic heterocycles. The third kappa shape index (κ3) is 5.42. The molecule has 2 N–H and O–H groups in total. The highest BCUT2D eigenvalue weighted by atomic mass is 127. The minimum atomic E-state index is 0.378. The highest BCUT2D eigenvalue weighted by molar-refractivity contribution is 14.1. The van der Waals surface area contributed by atoms with Crippen molar-refractivity contribution < 1.29 is 4.74 Å². The van der Waals surface area contributed by atoms with E-state index in [1.807, 2.05) is 48.5 Å². The van der Waals surface area contributed by atoms with E-state index in [0.29, 0.717) is 31.1 Å². The van der Waals surface area contributed by atoms with Crippen molar-refractivity contribution in [2.24, 2.45) is 5.10 Å². The van der Waals surface area contributed by atoms with Crippen LogP contribution in [0.2, 0.25) is 0 Å². The molecule has 0 radical (unpaired) electrons. The van der Waals surface area contributed by atoms with Crippen LogP contribution in [0.25, 0.3) is 0 Å². The van der Waals surface area contributed by atoms with Crippen LogP contribution in [0.3, 0.4) is 0 Å². The van der Waals surface area contributed by atoms with Crippen LogP contribution in [0.1, 0.15) is 11.1 Å². The molecule has 30 heavy (non-hydrogen) atoms. The Hall–Kier alpha value is -2.79. The standard InChI is InChI=1S/C21H22IN7O/c1-15-6-8-17(9-7-15)24-19-25-20(27-21(26-19)29-10-12-30-13-11-29)28-23-14-16-4-2-3-5-18(16)22/h2-9,14H,10-13H2,1H3,(H2,24,25,26,27,28)/b23-14+. The van der Waals surface area contributed by atoms with Crippen molar-refractivity contribution in [3.8, 4) is 0 Å². The maximum Gasteiger partial charge on any atom is 0.250 e. The maximum absolute atomic E-state index is 5.45. The molecule has 9 heteroatoms. The fourth-order valence-electron chi connectivity index (χ4n) is 2.88. The number of hydrazone groups is 1. The van der Waals surface area contributed by atoms with E-state index in [1.165, 1.54) is 5.56 Å². The van der Waals surface area contributed by atoms with Crippen LogP contribution in [0, 0.1) is 10.5 Å². The molecule has 1 aliphatic heterocycles. The van der Waals surface area contributed by atoms with Crippen LogP contribution in [0.15, 0.2) is 53.6 Å². The van der Waals surface area contributed by atoms with Crippen molar-refractivity contribution >= 4 is 52.3 Å². The minimum absolute atomic E-state index is 0.378. The molecule has 1 aliphatic rings. The second kappa shape index (κ2) is 9.81. The molecular formula is C21H22IN7O. The summed E-state index contributed by atoms with van der Waals surface area (Å²) in [4.78, 5) is 15.7. The molecule has 0 aliphatic carbocycles. The fraction of sp³-hybridized carbons (Fsp3) is 0.238. The fourth-order valence-corrected chi connectivity index (χ4v) is 3.41. The minimum Gasteiger partial charge on any atom is -0.378 e. The van der Waals surface area contributed by atoms with Gasteiger partial charge in [0, 0.05) is 27.9 Å². The Balaban J connectivity index is 1.57. The van der Waals surface area contributed by atoms with Crippen LogP contribution >= 0.6 is 22.6 Å². The molecule has 0 saturated carbocycles. The van der Waals surface area contributed by atoms with Gasteiger partial charge < -0.3 is 15.0 Å². The lowest BCUT2D eigenvalue weighted by atomic mass is 10.2. The van der Waals surface area contributed by atoms with E-state index in [-0.39, 0.29) is 0 Å². The lowest BCUT2D eigenvalue weighted by molar-refractivity contribution is 0.122. The Bertz CT molecular complexity index is 1020. The van der Waals surface area contributed by atoms with E-state index in [4.69, 9.17) is 4.74 Å². The zero-order valence-electron chi connectivity index (χ0n) is 16.5. The van der Waals surface area contributed by atoms with Gasteiger partial charge in [-0.05, 0) is 47.7 Å². The number of aryl methyl sites for hydroxylation is 1. The number of hydrogen-bond acceptors (Lipinski definition) is 8. The van der Waals surface area contributed by atoms with Gasteiger partial charge in [-0.1, -0.05) is 35.9 Å². The molecule has 1 fully saturated rings. The van der Waals surface area contributed by atoms with Crippen molar-refractivity contribution in [1.29, 1.82) is 0 Å². The summed E-state index contributed by atoms with van der Waals surface area (Å²) in [5.41, 5.74) is 6.06. The number of ether oxygens (including phenoxy) is 1. The molecule has 0 atom stereocenters. The number of rotatable bonds is 6. The molecule has 2 aromatic carbocycles. The summed E-state index contributed by atoms with van der Waals surface area (Å²) >= 11 is 2.28. The maximum atomic E-state index is 5.45. The van der Waals surface area contributed by atoms with E-state index in [9.17, 15) is 0 Å². The topological polar surface area (TPSA) is 87.6 Å². The number of aromatic nitrogens is 3. The van der Waals surface area contributed by atoms with Gasteiger partial charge in [0.2, 0.25) is 17.8 Å². The zero-order chi connectivity index (χ0) is 20.8. The van der Waals surface area contributed by atoms with Gasteiger partial charge in [0.25, 0.3) is 0 Å². The summed E-state index contributed by atoms with van der Waals surface area (Å²) < 4.78 is 6.56. The van der Waals surface area contributed by atoms with Crippen LogP contribution in [-0.2, 0) is 4.74 Å². The van der Waals surface area contributed by atoms with Crippen LogP contribution < -0.4 is 15.6 Å². The van der Waals surface area contributed by atoms with E-state index >= 15 is 0 Å². The van der Waals surface area contributed by atoms with Crippen LogP contribution in [-0.4, -0.2) is 47.5 Å². The van der Waals surface area contributed by atoms with Crippen molar-refractivity contribution in [3.63, 3.8) is 0 Å². The Morgan fingerprint density at radius 2 is 1.73 bits per heavy atom. The molecule has 1 saturated heterocycles. The van der Waals surface area contributed by atoms with E-state index in [1.54, 1.807) is 6.21 Å². The Labute approximate surface area is 188 Å². The molecule has 4 rings (SSSR count). The second-order valence-electron chi connectivity index (χ2n) is 6.76. The largest absolute Gasteiger partial charge is 0.378 e. The van der Waals surface area contributed by atoms with Crippen molar-refractivity contribution in [2.45, 2.75) is 6.92 Å². The monoisotopic (exact) mass is 515 g/mol. The number of nitrogens with zero attached hydrogens (tertiary/aromatic N) is 5. The lowest BCUT2D eigenvalue weighted by Crippen LogP contribution is -2.37. The van der Waals surface area contributed by atoms with Crippen molar-refractivity contribution in [2.75, 3.05) is 41.9 Å². The first-order valence-electron chi connectivity index (χ1n) is 9.63. The Morgan fingerprint density at radius 3 is 2.50 bits per heavy atom. The molecule has 0 bridgehead atoms. The van der Waals surface area contributed by atoms with E-state index < -0.39 is 0 Å². The zero-order valence-corrected chi connectivity index (χ0v) is 18.7. The third-order valence-electron chi connectivity index (χ3n) is 4.50. The Kier molecular flexibility index (Phi) is 6.70. The van der Waals surface area contributed by atoms with Crippen molar-refractivity contribution in [1.82, 2.24) is 15.0 Å². The molecule has 8 nitrogen and oxygen atoms in total. The number of hydrogen-bond donors (Lipinski definition) is 2. The quantitative estimate of drug-likeness (QED) is 0.293. The van der Waals surface area contributed by atoms with Crippen LogP contribution in [0.5, 0.6) is 0 Å². The van der Waals surface area contributed by atoms with E-state index in [0.717, 1.165) is 27.9 Å². The predicted octanol–water partition coefficient (Wildman–Crippen LogP) is 3.81. The highest BCUT2D eigenvalue weighted by Crippen LogP contribution is 2.19. The number of benzene rings is 2. The lowest BCUT2D eigenvalue weighted by Gasteiger charge is -2.27. The number of anilines is 4. The van der Waals surface area contributed by atoms with Gasteiger partial charge >= 0.3 is 0 Å². The van der Waals surface area contributed by atoms with Gasteiger partial charge in [0.05, 0.1) is 19.4 Å². The predicted molar refractivity (Wildman–Crippen MR) is 128 cm³/mol. The summed E-state index contributed by atoms with van der Waals surface area (Å²) in [6, 6.07) is 16.1. The number of morpholine rings is 1. The molecule has 0 spiro atoms. The first-order chi connectivity index (χ1) is 14.7. The van der Waals surface area contributed by atoms with Crippen LogP contribution in [0.4, 0.5) is 23.5 Å². The highest BCUT2D eigenvalue weighted by Gasteiger charge is 2.16. The molecule has 0 unspecified atom stereocenters. The van der Waals surface area contributed by atoms with Gasteiger partial charge in [0.15, 0.2) is 0 Å². The molecule has 154 valence electrons. The average molecular weight is 515 g/mol. The summed E-state index contributed by atoms with van der Waals surface area (Å²) in [5.74, 6) is 1.43. The number of halogens is 1. The van der Waals surface area contributed by atoms with Crippen molar-refractivity contribution in [3.05, 3.63) is 63.2 Å². The van der Waals surface area contributed by atoms with Gasteiger partial charge in [-0.3, -0.25) is 0 Å². The summed E-state index contributed by atoms with van der Waals surface area (Å²) in [6.07, 6.45) is 1.76. The van der Waals surface area contributed by atoms with Gasteiger partial charge in [-0.15, -0.1) is 0 Å². The van der Waals surface area contributed by atoms with Gasteiger partial charge in [-0.2, -0.15) is 20.1 Å². The Morgan fingerprint density at radius 1 is 1.00 bits per heavy atom. The SMILES string of the molecule is Cc1ccc(Nc2nc(N/N=C/c3ccccc3I)nc(N3CCOCC3)n2)cc1. The van der Waals surface area contributed by atoms with Gasteiger partial charge in [0.1, 0.15) is 0 Å². The molecule has 3 aromatic rings. The van der Waals surface area contributed by atoms with E-state index in [2.05, 4.69) is 65.2 Å². The summed E-state index contributed by atoms with van der Waals surface area (Å²) in [6.45, 7) is 4.83. The first kappa shape index (κ1) is 20.5. The smallest absolute Gasteiger partial charge is 0.250 e. The normalized spacial score (nSPS) is 14.1. The first-order valence-corrected chi connectivity index (χ1v) is 10.7. The average Bonchev–Trinajstić information content (AvgIpc) is 2.77.